The molecule has 0 radical (unpaired) electrons. The number of carbonyl (C=O) groups is 3. The fraction of sp³-hybridized carbons (Fsp3) is 0.480. The number of rotatable bonds is 5. The lowest BCUT2D eigenvalue weighted by Crippen LogP contribution is -2.55. The van der Waals surface area contributed by atoms with Gasteiger partial charge in [0.15, 0.2) is 0 Å². The smallest absolute Gasteiger partial charge is 0.245 e. The summed E-state index contributed by atoms with van der Waals surface area (Å²) in [5.41, 5.74) is 2.08. The van der Waals surface area contributed by atoms with Gasteiger partial charge in [0.25, 0.3) is 0 Å². The molecule has 3 heterocycles. The lowest BCUT2D eigenvalue weighted by atomic mass is 9.85. The van der Waals surface area contributed by atoms with Crippen LogP contribution in [0, 0.1) is 18.8 Å². The van der Waals surface area contributed by atoms with Gasteiger partial charge in [-0.1, -0.05) is 47.1 Å². The highest BCUT2D eigenvalue weighted by Crippen LogP contribution is 2.36. The number of hydrogen-bond acceptors (Lipinski definition) is 7. The Balaban J connectivity index is 1.15. The van der Waals surface area contributed by atoms with Crippen molar-refractivity contribution in [2.45, 2.75) is 39.3 Å². The van der Waals surface area contributed by atoms with Gasteiger partial charge in [-0.25, -0.2) is 0 Å². The molecule has 0 bridgehead atoms. The van der Waals surface area contributed by atoms with Gasteiger partial charge in [0.05, 0.1) is 18.4 Å². The topological polar surface area (TPSA) is 99.9 Å². The van der Waals surface area contributed by atoms with E-state index in [9.17, 15) is 14.4 Å². The molecule has 3 amide bonds. The Bertz CT molecular complexity index is 1090. The van der Waals surface area contributed by atoms with Crippen molar-refractivity contribution in [3.05, 3.63) is 47.9 Å². The third-order valence-corrected chi connectivity index (χ3v) is 7.11. The van der Waals surface area contributed by atoms with E-state index in [1.165, 1.54) is 10.5 Å². The Morgan fingerprint density at radius 2 is 1.65 bits per heavy atom. The van der Waals surface area contributed by atoms with E-state index in [-0.39, 0.29) is 29.6 Å². The first-order valence-electron chi connectivity index (χ1n) is 11.8. The van der Waals surface area contributed by atoms with Gasteiger partial charge in [-0.15, -0.1) is 0 Å². The molecule has 1 aromatic heterocycles. The van der Waals surface area contributed by atoms with Crippen LogP contribution in [0.2, 0.25) is 0 Å². The van der Waals surface area contributed by atoms with Gasteiger partial charge in [-0.3, -0.25) is 24.2 Å². The van der Waals surface area contributed by atoms with E-state index in [0.29, 0.717) is 57.3 Å². The van der Waals surface area contributed by atoms with Crippen molar-refractivity contribution < 1.29 is 18.9 Å². The van der Waals surface area contributed by atoms with Crippen molar-refractivity contribution in [1.29, 1.82) is 0 Å². The largest absolute Gasteiger partial charge is 0.338 e. The molecule has 2 aromatic rings. The van der Waals surface area contributed by atoms with Crippen LogP contribution in [-0.4, -0.2) is 74.8 Å². The van der Waals surface area contributed by atoms with Crippen LogP contribution in [0.3, 0.4) is 0 Å². The van der Waals surface area contributed by atoms with Gasteiger partial charge >= 0.3 is 0 Å². The molecule has 0 unspecified atom stereocenters. The number of piperazine rings is 1. The molecule has 0 saturated carbocycles. The number of allylic oxidation sites excluding steroid dienone is 2. The highest BCUT2D eigenvalue weighted by Gasteiger charge is 2.50. The lowest BCUT2D eigenvalue weighted by Gasteiger charge is -2.36. The van der Waals surface area contributed by atoms with E-state index in [1.54, 1.807) is 11.8 Å². The average molecular weight is 464 g/mol. The maximum absolute atomic E-state index is 13.1. The number of aromatic nitrogens is 2. The molecule has 1 aliphatic carbocycles. The van der Waals surface area contributed by atoms with E-state index >= 15 is 0 Å². The van der Waals surface area contributed by atoms with E-state index in [2.05, 4.69) is 15.0 Å². The summed E-state index contributed by atoms with van der Waals surface area (Å²) in [4.78, 5) is 48.4. The molecule has 2 fully saturated rings. The first-order valence-corrected chi connectivity index (χ1v) is 11.8. The number of benzene rings is 1. The number of carbonyl (C=O) groups excluding carboxylic acids is 3. The summed E-state index contributed by atoms with van der Waals surface area (Å²) < 4.78 is 5.43. The van der Waals surface area contributed by atoms with Crippen LogP contribution in [0.5, 0.6) is 0 Å². The van der Waals surface area contributed by atoms with Crippen molar-refractivity contribution in [3.8, 4) is 11.4 Å². The van der Waals surface area contributed by atoms with Crippen molar-refractivity contribution >= 4 is 17.7 Å². The number of aryl methyl sites for hydroxylation is 1. The zero-order valence-corrected chi connectivity index (χ0v) is 19.5. The highest BCUT2D eigenvalue weighted by molar-refractivity contribution is 6.08. The van der Waals surface area contributed by atoms with Crippen LogP contribution in [0.25, 0.3) is 11.4 Å². The van der Waals surface area contributed by atoms with E-state index in [0.717, 1.165) is 5.56 Å². The van der Waals surface area contributed by atoms with Crippen LogP contribution in [0.4, 0.5) is 0 Å². The number of hydrogen-bond donors (Lipinski definition) is 0. The van der Waals surface area contributed by atoms with Crippen LogP contribution in [0.15, 0.2) is 40.9 Å². The second-order valence-electron chi connectivity index (χ2n) is 9.36. The molecule has 3 aliphatic rings. The summed E-state index contributed by atoms with van der Waals surface area (Å²) in [5, 5.41) is 4.09. The van der Waals surface area contributed by atoms with Crippen LogP contribution in [0.1, 0.15) is 31.2 Å². The number of nitrogens with zero attached hydrogens (tertiary/aromatic N) is 5. The van der Waals surface area contributed by atoms with Crippen molar-refractivity contribution in [1.82, 2.24) is 24.8 Å². The monoisotopic (exact) mass is 463 g/mol. The van der Waals surface area contributed by atoms with Gasteiger partial charge < -0.3 is 9.42 Å². The minimum atomic E-state index is -0.773. The molecule has 34 heavy (non-hydrogen) atoms. The molecule has 3 atom stereocenters. The van der Waals surface area contributed by atoms with Crippen molar-refractivity contribution in [2.24, 2.45) is 11.8 Å². The Morgan fingerprint density at radius 1 is 1.03 bits per heavy atom. The van der Waals surface area contributed by atoms with Crippen LogP contribution < -0.4 is 0 Å². The summed E-state index contributed by atoms with van der Waals surface area (Å²) in [6.45, 7) is 6.55. The predicted molar refractivity (Wildman–Crippen MR) is 123 cm³/mol. The third-order valence-electron chi connectivity index (χ3n) is 7.11. The molecule has 2 saturated heterocycles. The maximum Gasteiger partial charge on any atom is 0.245 e. The molecule has 9 heteroatoms. The second-order valence-corrected chi connectivity index (χ2v) is 9.36. The number of imide groups is 1. The average Bonchev–Trinajstić information content (AvgIpc) is 3.42. The van der Waals surface area contributed by atoms with Crippen LogP contribution in [-0.2, 0) is 20.9 Å². The number of likely N-dealkylation sites (tertiary alicyclic amines) is 1. The Morgan fingerprint density at radius 3 is 2.26 bits per heavy atom. The Labute approximate surface area is 198 Å². The first kappa shape index (κ1) is 22.5. The molecular formula is C25H29N5O4. The zero-order chi connectivity index (χ0) is 23.8. The maximum atomic E-state index is 13.1. The molecule has 9 nitrogen and oxygen atoms in total. The standard InChI is InChI=1S/C25H29N5O4/c1-16-7-9-18(10-8-16)22-26-21(34-27-22)15-28-11-13-29(14-12-28)23(31)17(2)30-24(32)19-5-3-4-6-20(19)25(30)33/h3-4,7-10,17,19-20H,5-6,11-15H2,1-2H3/t17-,19-,20+/m0/s1. The van der Waals surface area contributed by atoms with Crippen molar-refractivity contribution in [2.75, 3.05) is 26.2 Å². The Hall–Kier alpha value is -3.33. The third kappa shape index (κ3) is 4.16. The van der Waals surface area contributed by atoms with E-state index < -0.39 is 6.04 Å². The Kier molecular flexibility index (Phi) is 6.03. The van der Waals surface area contributed by atoms with Gasteiger partial charge in [0, 0.05) is 31.7 Å². The second kappa shape index (κ2) is 9.13. The van der Waals surface area contributed by atoms with Gasteiger partial charge in [-0.2, -0.15) is 4.98 Å². The first-order chi connectivity index (χ1) is 16.4. The molecule has 2 aliphatic heterocycles. The minimum absolute atomic E-state index is 0.174. The van der Waals surface area contributed by atoms with Gasteiger partial charge in [0.1, 0.15) is 6.04 Å². The summed E-state index contributed by atoms with van der Waals surface area (Å²) in [5.74, 6) is -0.124. The fourth-order valence-corrected chi connectivity index (χ4v) is 5.04. The zero-order valence-electron chi connectivity index (χ0n) is 19.5. The molecule has 0 N–H and O–H groups in total. The number of fused-ring (bicyclic) bond motifs is 1. The van der Waals surface area contributed by atoms with E-state index in [4.69, 9.17) is 4.52 Å². The SMILES string of the molecule is Cc1ccc(-c2noc(CN3CCN(C(=O)[C@H](C)N4C(=O)[C@H]5CC=CC[C@H]5C4=O)CC3)n2)cc1. The molecule has 178 valence electrons. The molecule has 5 rings (SSSR count). The summed E-state index contributed by atoms with van der Waals surface area (Å²) >= 11 is 0. The lowest BCUT2D eigenvalue weighted by molar-refractivity contribution is -0.151. The summed E-state index contributed by atoms with van der Waals surface area (Å²) in [6, 6.07) is 7.19. The van der Waals surface area contributed by atoms with Crippen molar-refractivity contribution in [3.63, 3.8) is 0 Å². The molecule has 1 aromatic carbocycles. The normalized spacial score (nSPS) is 23.9. The van der Waals surface area contributed by atoms with E-state index in [1.807, 2.05) is 43.3 Å². The molecule has 0 spiro atoms. The highest BCUT2D eigenvalue weighted by atomic mass is 16.5. The number of amides is 3. The van der Waals surface area contributed by atoms with Gasteiger partial charge in [0.2, 0.25) is 29.4 Å². The summed E-state index contributed by atoms with van der Waals surface area (Å²) in [6.07, 6.45) is 5.06. The fourth-order valence-electron chi connectivity index (χ4n) is 5.04. The van der Waals surface area contributed by atoms with Gasteiger partial charge in [-0.05, 0) is 26.7 Å². The predicted octanol–water partition coefficient (Wildman–Crippen LogP) is 2.03. The minimum Gasteiger partial charge on any atom is -0.338 e. The van der Waals surface area contributed by atoms with Crippen LogP contribution >= 0.6 is 0 Å². The quantitative estimate of drug-likeness (QED) is 0.494. The summed E-state index contributed by atoms with van der Waals surface area (Å²) in [7, 11) is 0. The molecular weight excluding hydrogens is 434 g/mol.